The number of phosphoric acid groups is 1. The summed E-state index contributed by atoms with van der Waals surface area (Å²) >= 11 is 0. The first kappa shape index (κ1) is 14.3. The van der Waals surface area contributed by atoms with E-state index in [2.05, 4.69) is 12.2 Å². The largest absolute Gasteiger partial charge is 0.527 e. The van der Waals surface area contributed by atoms with Gasteiger partial charge in [0.1, 0.15) is 5.75 Å². The predicted molar refractivity (Wildman–Crippen MR) is 74.1 cm³/mol. The number of phosphoric ester groups is 1. The van der Waals surface area contributed by atoms with Gasteiger partial charge >= 0.3 is 7.82 Å². The molecular formula is C14H19O4P. The van der Waals surface area contributed by atoms with Crippen molar-refractivity contribution in [2.45, 2.75) is 26.2 Å². The Bertz CT molecular complexity index is 481. The minimum atomic E-state index is -4.02. The van der Waals surface area contributed by atoms with Crippen molar-refractivity contribution in [2.75, 3.05) is 6.61 Å². The van der Waals surface area contributed by atoms with E-state index < -0.39 is 7.82 Å². The minimum Gasteiger partial charge on any atom is -0.404 e. The van der Waals surface area contributed by atoms with Crippen LogP contribution in [-0.2, 0) is 9.09 Å². The Morgan fingerprint density at radius 3 is 2.68 bits per heavy atom. The maximum atomic E-state index is 11.8. The van der Waals surface area contributed by atoms with Crippen molar-refractivity contribution in [3.63, 3.8) is 0 Å². The van der Waals surface area contributed by atoms with Crippen LogP contribution in [0.3, 0.4) is 0 Å². The van der Waals surface area contributed by atoms with Crippen LogP contribution in [-0.4, -0.2) is 11.5 Å². The Kier molecular flexibility index (Phi) is 4.81. The molecule has 0 saturated carbocycles. The molecule has 1 aliphatic carbocycles. The van der Waals surface area contributed by atoms with Crippen molar-refractivity contribution in [1.29, 1.82) is 0 Å². The Labute approximate surface area is 113 Å². The molecule has 5 heteroatoms. The van der Waals surface area contributed by atoms with Gasteiger partial charge in [0.2, 0.25) is 0 Å². The highest BCUT2D eigenvalue weighted by Crippen LogP contribution is 2.44. The number of hydrogen-bond acceptors (Lipinski definition) is 3. The highest BCUT2D eigenvalue weighted by atomic mass is 31.2. The molecule has 4 nitrogen and oxygen atoms in total. The monoisotopic (exact) mass is 282 g/mol. The third kappa shape index (κ3) is 4.83. The van der Waals surface area contributed by atoms with E-state index in [0.29, 0.717) is 11.7 Å². The fourth-order valence-corrected chi connectivity index (χ4v) is 2.81. The van der Waals surface area contributed by atoms with E-state index in [0.717, 1.165) is 24.8 Å². The average molecular weight is 282 g/mol. The summed E-state index contributed by atoms with van der Waals surface area (Å²) in [6.45, 7) is 2.19. The zero-order valence-electron chi connectivity index (χ0n) is 11.0. The Morgan fingerprint density at radius 1 is 1.32 bits per heavy atom. The Balaban J connectivity index is 1.85. The first-order chi connectivity index (χ1) is 9.05. The fourth-order valence-electron chi connectivity index (χ4n) is 1.97. The van der Waals surface area contributed by atoms with Gasteiger partial charge in [-0.3, -0.25) is 9.42 Å². The molecule has 1 N–H and O–H groups in total. The summed E-state index contributed by atoms with van der Waals surface area (Å²) in [5.41, 5.74) is 1.06. The van der Waals surface area contributed by atoms with Gasteiger partial charge in [-0.05, 0) is 44.2 Å². The van der Waals surface area contributed by atoms with Crippen LogP contribution < -0.4 is 4.52 Å². The van der Waals surface area contributed by atoms with Crippen molar-refractivity contribution < 1.29 is 18.5 Å². The molecule has 0 fully saturated rings. The van der Waals surface area contributed by atoms with E-state index in [-0.39, 0.29) is 6.61 Å². The number of rotatable bonds is 5. The Hall–Kier alpha value is -1.09. The molecule has 2 rings (SSSR count). The molecule has 1 aromatic rings. The second kappa shape index (κ2) is 6.38. The smallest absolute Gasteiger partial charge is 0.404 e. The number of aryl methyl sites for hydroxylation is 1. The fraction of sp³-hybridized carbons (Fsp3) is 0.429. The molecule has 19 heavy (non-hydrogen) atoms. The quantitative estimate of drug-likeness (QED) is 0.658. The molecule has 104 valence electrons. The second-order valence-corrected chi connectivity index (χ2v) is 6.20. The van der Waals surface area contributed by atoms with Crippen molar-refractivity contribution in [2.24, 2.45) is 5.92 Å². The van der Waals surface area contributed by atoms with E-state index in [1.807, 2.05) is 19.1 Å². The third-order valence-corrected chi connectivity index (χ3v) is 4.01. The molecular weight excluding hydrogens is 263 g/mol. The number of benzene rings is 1. The maximum absolute atomic E-state index is 11.8. The topological polar surface area (TPSA) is 55.8 Å². The molecule has 0 aromatic heterocycles. The summed E-state index contributed by atoms with van der Waals surface area (Å²) in [7, 11) is -4.02. The summed E-state index contributed by atoms with van der Waals surface area (Å²) in [5, 5.41) is 0. The van der Waals surface area contributed by atoms with Crippen LogP contribution in [0.5, 0.6) is 5.75 Å². The Morgan fingerprint density at radius 2 is 2.05 bits per heavy atom. The normalized spacial score (nSPS) is 21.9. The lowest BCUT2D eigenvalue weighted by Gasteiger charge is -2.19. The standard InChI is InChI=1S/C14H19O4P/c1-12-7-9-14(10-8-12)18-19(15,16)17-11-13-5-3-2-4-6-13/h2-3,7-10,13H,4-6,11H2,1H3,(H,15,16). The molecule has 0 spiro atoms. The highest BCUT2D eigenvalue weighted by molar-refractivity contribution is 7.47. The zero-order valence-corrected chi connectivity index (χ0v) is 11.9. The first-order valence-corrected chi connectivity index (χ1v) is 7.93. The van der Waals surface area contributed by atoms with Crippen LogP contribution in [0.2, 0.25) is 0 Å². The molecule has 1 aliphatic rings. The third-order valence-electron chi connectivity index (χ3n) is 3.09. The van der Waals surface area contributed by atoms with Gasteiger partial charge in [0, 0.05) is 0 Å². The van der Waals surface area contributed by atoms with E-state index in [4.69, 9.17) is 9.05 Å². The van der Waals surface area contributed by atoms with Gasteiger partial charge in [-0.2, -0.15) is 0 Å². The molecule has 0 saturated heterocycles. The van der Waals surface area contributed by atoms with Gasteiger partial charge in [0.15, 0.2) is 0 Å². The molecule has 0 amide bonds. The summed E-state index contributed by atoms with van der Waals surface area (Å²) < 4.78 is 21.9. The second-order valence-electron chi connectivity index (χ2n) is 4.82. The lowest BCUT2D eigenvalue weighted by molar-refractivity contribution is 0.168. The summed E-state index contributed by atoms with van der Waals surface area (Å²) in [6, 6.07) is 6.96. The number of hydrogen-bond donors (Lipinski definition) is 1. The first-order valence-electron chi connectivity index (χ1n) is 6.44. The highest BCUT2D eigenvalue weighted by Gasteiger charge is 2.25. The van der Waals surface area contributed by atoms with Crippen LogP contribution in [0.25, 0.3) is 0 Å². The van der Waals surface area contributed by atoms with Crippen molar-refractivity contribution in [1.82, 2.24) is 0 Å². The van der Waals surface area contributed by atoms with Crippen LogP contribution in [0.15, 0.2) is 36.4 Å². The van der Waals surface area contributed by atoms with Crippen molar-refractivity contribution in [3.8, 4) is 5.75 Å². The lowest BCUT2D eigenvalue weighted by Crippen LogP contribution is -2.11. The van der Waals surface area contributed by atoms with Crippen LogP contribution >= 0.6 is 7.82 Å². The summed E-state index contributed by atoms with van der Waals surface area (Å²) in [6.07, 6.45) is 7.09. The molecule has 2 unspecified atom stereocenters. The van der Waals surface area contributed by atoms with Crippen LogP contribution in [0.4, 0.5) is 0 Å². The van der Waals surface area contributed by atoms with Crippen LogP contribution in [0.1, 0.15) is 24.8 Å². The average Bonchev–Trinajstić information content (AvgIpc) is 2.40. The van der Waals surface area contributed by atoms with Crippen molar-refractivity contribution in [3.05, 3.63) is 42.0 Å². The molecule has 0 radical (unpaired) electrons. The van der Waals surface area contributed by atoms with Gasteiger partial charge in [0.25, 0.3) is 0 Å². The molecule has 0 aliphatic heterocycles. The number of allylic oxidation sites excluding steroid dienone is 2. The van der Waals surface area contributed by atoms with E-state index in [1.54, 1.807) is 12.1 Å². The SMILES string of the molecule is Cc1ccc(OP(=O)(O)OCC2CC=CCC2)cc1. The zero-order chi connectivity index (χ0) is 13.7. The van der Waals surface area contributed by atoms with Crippen molar-refractivity contribution >= 4 is 7.82 Å². The van der Waals surface area contributed by atoms with Gasteiger partial charge in [0.05, 0.1) is 6.61 Å². The van der Waals surface area contributed by atoms with Gasteiger partial charge in [-0.15, -0.1) is 0 Å². The van der Waals surface area contributed by atoms with Gasteiger partial charge < -0.3 is 4.52 Å². The van der Waals surface area contributed by atoms with E-state index in [9.17, 15) is 9.46 Å². The minimum absolute atomic E-state index is 0.254. The molecule has 1 aromatic carbocycles. The maximum Gasteiger partial charge on any atom is 0.527 e. The summed E-state index contributed by atoms with van der Waals surface area (Å²) in [4.78, 5) is 9.66. The summed E-state index contributed by atoms with van der Waals surface area (Å²) in [5.74, 6) is 0.645. The van der Waals surface area contributed by atoms with Gasteiger partial charge in [-0.1, -0.05) is 29.8 Å². The van der Waals surface area contributed by atoms with Gasteiger partial charge in [-0.25, -0.2) is 4.57 Å². The van der Waals surface area contributed by atoms with Crippen LogP contribution in [0, 0.1) is 12.8 Å². The predicted octanol–water partition coefficient (Wildman–Crippen LogP) is 3.85. The van der Waals surface area contributed by atoms with E-state index >= 15 is 0 Å². The molecule has 2 atom stereocenters. The molecule has 0 heterocycles. The molecule has 0 bridgehead atoms. The van der Waals surface area contributed by atoms with E-state index in [1.165, 1.54) is 0 Å². The lowest BCUT2D eigenvalue weighted by atomic mass is 9.96.